The van der Waals surface area contributed by atoms with Crippen LogP contribution in [-0.4, -0.2) is 18.0 Å². The first-order chi connectivity index (χ1) is 10.2. The van der Waals surface area contributed by atoms with Gasteiger partial charge < -0.3 is 9.30 Å². The van der Waals surface area contributed by atoms with Crippen LogP contribution in [0.5, 0.6) is 5.75 Å². The minimum Gasteiger partial charge on any atom is -0.496 e. The molecule has 3 heteroatoms. The lowest BCUT2D eigenvalue weighted by Crippen LogP contribution is -2.04. The molecule has 21 heavy (non-hydrogen) atoms. The van der Waals surface area contributed by atoms with Gasteiger partial charge in [0.05, 0.1) is 13.7 Å². The van der Waals surface area contributed by atoms with Crippen molar-refractivity contribution in [3.8, 4) is 5.75 Å². The normalized spacial score (nSPS) is 10.8. The van der Waals surface area contributed by atoms with Crippen LogP contribution in [-0.2, 0) is 6.54 Å². The van der Waals surface area contributed by atoms with E-state index >= 15 is 0 Å². The molecule has 0 atom stereocenters. The lowest BCUT2D eigenvalue weighted by atomic mass is 10.1. The van der Waals surface area contributed by atoms with Crippen molar-refractivity contribution in [2.45, 2.75) is 13.5 Å². The molecule has 0 fully saturated rings. The summed E-state index contributed by atoms with van der Waals surface area (Å²) in [5, 5.41) is 1.22. The van der Waals surface area contributed by atoms with Crippen molar-refractivity contribution >= 4 is 17.2 Å². The largest absolute Gasteiger partial charge is 0.496 e. The highest BCUT2D eigenvalue weighted by Crippen LogP contribution is 2.25. The van der Waals surface area contributed by atoms with Gasteiger partial charge >= 0.3 is 0 Å². The molecule has 106 valence electrons. The second kappa shape index (κ2) is 5.44. The van der Waals surface area contributed by atoms with E-state index in [1.165, 1.54) is 16.6 Å². The fourth-order valence-corrected chi connectivity index (χ4v) is 2.72. The molecule has 3 aromatic rings. The highest BCUT2D eigenvalue weighted by atomic mass is 16.5. The molecule has 0 spiro atoms. The first-order valence-corrected chi connectivity index (χ1v) is 6.90. The first kappa shape index (κ1) is 13.4. The highest BCUT2D eigenvalue weighted by Gasteiger charge is 2.09. The maximum absolute atomic E-state index is 11.0. The monoisotopic (exact) mass is 279 g/mol. The van der Waals surface area contributed by atoms with Gasteiger partial charge in [0.2, 0.25) is 0 Å². The minimum atomic E-state index is 0.667. The Labute approximate surface area is 123 Å². The van der Waals surface area contributed by atoms with Crippen molar-refractivity contribution < 1.29 is 9.53 Å². The van der Waals surface area contributed by atoms with Gasteiger partial charge in [0.25, 0.3) is 0 Å². The Kier molecular flexibility index (Phi) is 3.48. The summed E-state index contributed by atoms with van der Waals surface area (Å²) in [6.45, 7) is 2.78. The third-order valence-electron chi connectivity index (χ3n) is 3.79. The van der Waals surface area contributed by atoms with Gasteiger partial charge in [-0.3, -0.25) is 4.79 Å². The Morgan fingerprint density at radius 1 is 1.14 bits per heavy atom. The van der Waals surface area contributed by atoms with E-state index in [1.54, 1.807) is 13.2 Å². The van der Waals surface area contributed by atoms with Crippen LogP contribution in [0.3, 0.4) is 0 Å². The van der Waals surface area contributed by atoms with Gasteiger partial charge in [-0.1, -0.05) is 18.2 Å². The number of aryl methyl sites for hydroxylation is 1. The molecule has 3 nitrogen and oxygen atoms in total. The molecular formula is C18H17NO2. The minimum absolute atomic E-state index is 0.667. The number of nitrogens with zero attached hydrogens (tertiary/aromatic N) is 1. The lowest BCUT2D eigenvalue weighted by Gasteiger charge is -2.13. The quantitative estimate of drug-likeness (QED) is 0.680. The SMILES string of the molecule is COc1ccc(C=O)cc1Cn1c(C)cc2ccccc21. The summed E-state index contributed by atoms with van der Waals surface area (Å²) in [5.41, 5.74) is 4.05. The smallest absolute Gasteiger partial charge is 0.150 e. The zero-order valence-corrected chi connectivity index (χ0v) is 12.2. The van der Waals surface area contributed by atoms with Crippen LogP contribution in [0.15, 0.2) is 48.5 Å². The number of benzene rings is 2. The molecule has 0 unspecified atom stereocenters. The van der Waals surface area contributed by atoms with Crippen LogP contribution in [0.25, 0.3) is 10.9 Å². The average Bonchev–Trinajstić information content (AvgIpc) is 2.83. The number of para-hydroxylation sites is 1. The lowest BCUT2D eigenvalue weighted by molar-refractivity contribution is 0.112. The Bertz CT molecular complexity index is 802. The maximum atomic E-state index is 11.0. The summed E-state index contributed by atoms with van der Waals surface area (Å²) < 4.78 is 7.65. The number of rotatable bonds is 4. The zero-order chi connectivity index (χ0) is 14.8. The number of carbonyl (C=O) groups is 1. The molecule has 0 saturated heterocycles. The Morgan fingerprint density at radius 2 is 1.95 bits per heavy atom. The molecule has 0 N–H and O–H groups in total. The second-order valence-electron chi connectivity index (χ2n) is 5.12. The Morgan fingerprint density at radius 3 is 2.71 bits per heavy atom. The van der Waals surface area contributed by atoms with Gasteiger partial charge in [0.15, 0.2) is 0 Å². The van der Waals surface area contributed by atoms with Gasteiger partial charge in [-0.25, -0.2) is 0 Å². The van der Waals surface area contributed by atoms with E-state index in [9.17, 15) is 4.79 Å². The van der Waals surface area contributed by atoms with Gasteiger partial charge in [-0.05, 0) is 42.6 Å². The molecule has 0 saturated carbocycles. The van der Waals surface area contributed by atoms with Crippen LogP contribution in [0, 0.1) is 6.92 Å². The van der Waals surface area contributed by atoms with E-state index in [0.717, 1.165) is 17.6 Å². The number of hydrogen-bond donors (Lipinski definition) is 0. The van der Waals surface area contributed by atoms with Crippen LogP contribution < -0.4 is 4.74 Å². The number of carbonyl (C=O) groups excluding carboxylic acids is 1. The van der Waals surface area contributed by atoms with Crippen molar-refractivity contribution in [3.05, 3.63) is 65.4 Å². The van der Waals surface area contributed by atoms with E-state index in [-0.39, 0.29) is 0 Å². The van der Waals surface area contributed by atoms with Crippen molar-refractivity contribution in [2.75, 3.05) is 7.11 Å². The molecule has 0 aliphatic rings. The van der Waals surface area contributed by atoms with Crippen LogP contribution >= 0.6 is 0 Å². The van der Waals surface area contributed by atoms with Crippen molar-refractivity contribution in [1.29, 1.82) is 0 Å². The summed E-state index contributed by atoms with van der Waals surface area (Å²) in [6, 6.07) is 16.0. The molecule has 0 radical (unpaired) electrons. The molecule has 2 aromatic carbocycles. The average molecular weight is 279 g/mol. The molecule has 0 aliphatic heterocycles. The van der Waals surface area contributed by atoms with Gasteiger partial charge in [-0.15, -0.1) is 0 Å². The van der Waals surface area contributed by atoms with Crippen LogP contribution in [0.1, 0.15) is 21.6 Å². The fourth-order valence-electron chi connectivity index (χ4n) is 2.72. The second-order valence-corrected chi connectivity index (χ2v) is 5.12. The number of hydrogen-bond acceptors (Lipinski definition) is 2. The van der Waals surface area contributed by atoms with Crippen LogP contribution in [0.2, 0.25) is 0 Å². The summed E-state index contributed by atoms with van der Waals surface area (Å²) in [6.07, 6.45) is 0.865. The molecule has 1 aromatic heterocycles. The van der Waals surface area contributed by atoms with E-state index in [2.05, 4.69) is 29.7 Å². The number of fused-ring (bicyclic) bond motifs is 1. The van der Waals surface area contributed by atoms with Gasteiger partial charge in [0, 0.05) is 22.3 Å². The summed E-state index contributed by atoms with van der Waals surface area (Å²) >= 11 is 0. The molecular weight excluding hydrogens is 262 g/mol. The van der Waals surface area contributed by atoms with E-state index in [1.807, 2.05) is 24.3 Å². The Hall–Kier alpha value is -2.55. The predicted octanol–water partition coefficient (Wildman–Crippen LogP) is 3.82. The number of aromatic nitrogens is 1. The molecule has 1 heterocycles. The number of methoxy groups -OCH3 is 1. The van der Waals surface area contributed by atoms with Gasteiger partial charge in [0.1, 0.15) is 12.0 Å². The van der Waals surface area contributed by atoms with Gasteiger partial charge in [-0.2, -0.15) is 0 Å². The standard InChI is InChI=1S/C18H17NO2/c1-13-9-15-5-3-4-6-17(15)19(13)11-16-10-14(12-20)7-8-18(16)21-2/h3-10,12H,11H2,1-2H3. The number of ether oxygens (including phenoxy) is 1. The van der Waals surface area contributed by atoms with E-state index in [0.29, 0.717) is 12.1 Å². The third kappa shape index (κ3) is 2.42. The summed E-state index contributed by atoms with van der Waals surface area (Å²) in [7, 11) is 1.65. The molecule has 0 bridgehead atoms. The summed E-state index contributed by atoms with van der Waals surface area (Å²) in [5.74, 6) is 0.804. The van der Waals surface area contributed by atoms with E-state index in [4.69, 9.17) is 4.74 Å². The molecule has 0 aliphatic carbocycles. The molecule has 0 amide bonds. The van der Waals surface area contributed by atoms with Crippen molar-refractivity contribution in [3.63, 3.8) is 0 Å². The van der Waals surface area contributed by atoms with Crippen molar-refractivity contribution in [1.82, 2.24) is 4.57 Å². The first-order valence-electron chi connectivity index (χ1n) is 6.90. The highest BCUT2D eigenvalue weighted by molar-refractivity contribution is 5.81. The van der Waals surface area contributed by atoms with E-state index < -0.39 is 0 Å². The number of aldehydes is 1. The Balaban J connectivity index is 2.10. The summed E-state index contributed by atoms with van der Waals surface area (Å²) in [4.78, 5) is 11.0. The fraction of sp³-hybridized carbons (Fsp3) is 0.167. The van der Waals surface area contributed by atoms with Crippen LogP contribution in [0.4, 0.5) is 0 Å². The zero-order valence-electron chi connectivity index (χ0n) is 12.2. The predicted molar refractivity (Wildman–Crippen MR) is 84.2 cm³/mol. The molecule has 3 rings (SSSR count). The van der Waals surface area contributed by atoms with Crippen molar-refractivity contribution in [2.24, 2.45) is 0 Å². The topological polar surface area (TPSA) is 31.2 Å². The maximum Gasteiger partial charge on any atom is 0.150 e. The third-order valence-corrected chi connectivity index (χ3v) is 3.79.